The molecule has 326 valence electrons. The maximum absolute atomic E-state index is 6.61. The van der Waals surface area contributed by atoms with Crippen molar-refractivity contribution < 1.29 is 8.83 Å². The smallest absolute Gasteiger partial charge is 0.161 e. The number of pyridine rings is 4. The lowest BCUT2D eigenvalue weighted by Gasteiger charge is -2.08. The predicted octanol–water partition coefficient (Wildman–Crippen LogP) is 15.9. The Labute approximate surface area is 399 Å². The zero-order chi connectivity index (χ0) is 45.9. The summed E-state index contributed by atoms with van der Waals surface area (Å²) in [6.45, 7) is 0. The molecule has 0 bridgehead atoms. The predicted molar refractivity (Wildman–Crippen MR) is 283 cm³/mol. The molecule has 0 aliphatic carbocycles. The molecule has 7 aromatic carbocycles. The third-order valence-corrected chi connectivity index (χ3v) is 13.9. The largest absolute Gasteiger partial charge is 0.454 e. The molecule has 0 N–H and O–H groups in total. The summed E-state index contributed by atoms with van der Waals surface area (Å²) in [6, 6.07) is 67.8. The van der Waals surface area contributed by atoms with Gasteiger partial charge in [-0.25, -0.2) is 0 Å². The van der Waals surface area contributed by atoms with Crippen LogP contribution in [0.25, 0.3) is 144 Å². The fourth-order valence-corrected chi connectivity index (χ4v) is 10.7. The molecule has 0 aliphatic heterocycles. The highest BCUT2D eigenvalue weighted by molar-refractivity contribution is 6.13. The number of hydrogen-bond donors (Lipinski definition) is 0. The van der Waals surface area contributed by atoms with Crippen molar-refractivity contribution in [1.82, 2.24) is 29.1 Å². The number of para-hydroxylation sites is 2. The molecule has 8 nitrogen and oxygen atoms in total. The van der Waals surface area contributed by atoms with Crippen molar-refractivity contribution in [1.29, 1.82) is 0 Å². The van der Waals surface area contributed by atoms with Gasteiger partial charge in [0.15, 0.2) is 11.2 Å². The maximum Gasteiger partial charge on any atom is 0.161 e. The molecule has 0 aliphatic rings. The lowest BCUT2D eigenvalue weighted by atomic mass is 9.99. The molecule has 8 aromatic heterocycles. The van der Waals surface area contributed by atoms with Gasteiger partial charge in [0.05, 0.1) is 33.1 Å². The Morgan fingerprint density at radius 1 is 0.286 bits per heavy atom. The number of hydrogen-bond acceptors (Lipinski definition) is 6. The molecule has 0 fully saturated rings. The summed E-state index contributed by atoms with van der Waals surface area (Å²) in [6.07, 6.45) is 7.48. The van der Waals surface area contributed by atoms with Gasteiger partial charge in [-0.15, -0.1) is 0 Å². The first kappa shape index (κ1) is 38.4. The fourth-order valence-electron chi connectivity index (χ4n) is 10.7. The van der Waals surface area contributed by atoms with E-state index in [-0.39, 0.29) is 0 Å². The van der Waals surface area contributed by atoms with Gasteiger partial charge in [-0.1, -0.05) is 84.9 Å². The van der Waals surface area contributed by atoms with Crippen LogP contribution in [0, 0.1) is 0 Å². The summed E-state index contributed by atoms with van der Waals surface area (Å²) in [4.78, 5) is 19.4. The number of rotatable bonds is 6. The highest BCUT2D eigenvalue weighted by Gasteiger charge is 2.20. The second-order valence-corrected chi connectivity index (χ2v) is 17.8. The lowest BCUT2D eigenvalue weighted by Crippen LogP contribution is -1.93. The number of furan rings is 2. The Bertz CT molecular complexity index is 4290. The summed E-state index contributed by atoms with van der Waals surface area (Å²) in [5, 5.41) is 4.15. The first-order valence-electron chi connectivity index (χ1n) is 23.3. The van der Waals surface area contributed by atoms with Crippen LogP contribution >= 0.6 is 0 Å². The summed E-state index contributed by atoms with van der Waals surface area (Å²) in [7, 11) is 0. The average molecular weight is 897 g/mol. The van der Waals surface area contributed by atoms with Gasteiger partial charge in [-0.3, -0.25) is 19.9 Å². The summed E-state index contributed by atoms with van der Waals surface area (Å²) >= 11 is 0. The summed E-state index contributed by atoms with van der Waals surface area (Å²) in [5.41, 5.74) is 21.7. The molecule has 0 atom stereocenters. The Morgan fingerprint density at radius 3 is 1.11 bits per heavy atom. The van der Waals surface area contributed by atoms with Crippen molar-refractivity contribution >= 4 is 88.0 Å². The first-order chi connectivity index (χ1) is 34.7. The number of fused-ring (bicyclic) bond motifs is 12. The number of aromatic nitrogens is 6. The molecule has 8 heterocycles. The molecule has 15 aromatic rings. The quantitative estimate of drug-likeness (QED) is 0.165. The molecular formula is C62H36N6O2. The van der Waals surface area contributed by atoms with Crippen molar-refractivity contribution in [3.8, 4) is 55.9 Å². The van der Waals surface area contributed by atoms with Gasteiger partial charge in [0, 0.05) is 68.8 Å². The Morgan fingerprint density at radius 2 is 0.671 bits per heavy atom. The van der Waals surface area contributed by atoms with E-state index in [0.717, 1.165) is 144 Å². The molecular weight excluding hydrogens is 861 g/mol. The Hall–Kier alpha value is -9.66. The van der Waals surface area contributed by atoms with Crippen LogP contribution in [-0.4, -0.2) is 29.1 Å². The van der Waals surface area contributed by atoms with Gasteiger partial charge in [0.25, 0.3) is 0 Å². The van der Waals surface area contributed by atoms with E-state index in [2.05, 4.69) is 167 Å². The zero-order valence-electron chi connectivity index (χ0n) is 37.3. The molecule has 8 heteroatoms. The fraction of sp³-hybridized carbons (Fsp3) is 0. The molecule has 0 spiro atoms. The highest BCUT2D eigenvalue weighted by Crippen LogP contribution is 2.42. The molecule has 0 saturated heterocycles. The van der Waals surface area contributed by atoms with E-state index in [4.69, 9.17) is 28.8 Å². The summed E-state index contributed by atoms with van der Waals surface area (Å²) < 4.78 is 17.8. The Balaban J connectivity index is 0.764. The zero-order valence-corrected chi connectivity index (χ0v) is 37.3. The summed E-state index contributed by atoms with van der Waals surface area (Å²) in [5.74, 6) is 0. The van der Waals surface area contributed by atoms with Crippen molar-refractivity contribution in [2.75, 3.05) is 0 Å². The molecule has 0 amide bonds. The normalized spacial score (nSPS) is 12.0. The second-order valence-electron chi connectivity index (χ2n) is 17.8. The topological polar surface area (TPSA) is 87.7 Å². The van der Waals surface area contributed by atoms with Crippen LogP contribution in [0.2, 0.25) is 0 Å². The van der Waals surface area contributed by atoms with Gasteiger partial charge in [0.1, 0.15) is 22.2 Å². The van der Waals surface area contributed by atoms with Crippen molar-refractivity contribution in [2.24, 2.45) is 0 Å². The standard InChI is InChI=1S/C62H36N6O2/c1-3-9-43(10-4-1)67-51-23-19-39(33-47(51)57-53(67)13-7-29-63-57)41-21-25-55-49(35-41)59-61(69-55)45(27-31-65-59)37-15-17-38(18-16-37)46-28-32-66-60-50-36-42(22-26-56(50)70-62(46)60)40-20-24-52-48(34-40)58-54(14-8-30-64-58)68(52)44-11-5-2-6-12-44/h1-36H. The van der Waals surface area contributed by atoms with Crippen molar-refractivity contribution in [2.45, 2.75) is 0 Å². The van der Waals surface area contributed by atoms with E-state index in [1.54, 1.807) is 0 Å². The van der Waals surface area contributed by atoms with Crippen LogP contribution in [0.4, 0.5) is 0 Å². The minimum atomic E-state index is 0.754. The van der Waals surface area contributed by atoms with E-state index in [1.165, 1.54) is 0 Å². The number of benzene rings is 7. The highest BCUT2D eigenvalue weighted by atomic mass is 16.3. The Kier molecular flexibility index (Phi) is 8.20. The molecule has 15 rings (SSSR count). The number of nitrogens with zero attached hydrogens (tertiary/aromatic N) is 6. The van der Waals surface area contributed by atoms with Gasteiger partial charge >= 0.3 is 0 Å². The first-order valence-corrected chi connectivity index (χ1v) is 23.3. The maximum atomic E-state index is 6.61. The molecule has 70 heavy (non-hydrogen) atoms. The van der Waals surface area contributed by atoms with E-state index < -0.39 is 0 Å². The second kappa shape index (κ2) is 14.9. The van der Waals surface area contributed by atoms with Crippen molar-refractivity contribution in [3.05, 3.63) is 219 Å². The van der Waals surface area contributed by atoms with Crippen molar-refractivity contribution in [3.63, 3.8) is 0 Å². The van der Waals surface area contributed by atoms with Crippen LogP contribution in [-0.2, 0) is 0 Å². The van der Waals surface area contributed by atoms with Crippen LogP contribution in [0.5, 0.6) is 0 Å². The van der Waals surface area contributed by atoms with E-state index in [9.17, 15) is 0 Å². The SMILES string of the molecule is c1ccc(-n2c3ccc(-c4ccc5oc6c(-c7ccc(-c8ccnc9c8oc8ccc(-c%10ccc%11c(c%10)c%10ncccc%10n%11-c%10ccccc%10)cc89)cc7)ccnc6c5c4)cc3c3ncccc32)cc1. The van der Waals surface area contributed by atoms with Gasteiger partial charge in [-0.05, 0) is 143 Å². The average Bonchev–Trinajstić information content (AvgIpc) is 4.18. The molecule has 0 radical (unpaired) electrons. The van der Waals surface area contributed by atoms with Crippen LogP contribution in [0.15, 0.2) is 228 Å². The van der Waals surface area contributed by atoms with Crippen LogP contribution in [0.3, 0.4) is 0 Å². The van der Waals surface area contributed by atoms with E-state index >= 15 is 0 Å². The van der Waals surface area contributed by atoms with E-state index in [0.29, 0.717) is 0 Å². The third-order valence-electron chi connectivity index (χ3n) is 13.9. The third kappa shape index (κ3) is 5.77. The van der Waals surface area contributed by atoms with Crippen LogP contribution in [0.1, 0.15) is 0 Å². The minimum Gasteiger partial charge on any atom is -0.454 e. The van der Waals surface area contributed by atoms with E-state index in [1.807, 2.05) is 61.2 Å². The minimum absolute atomic E-state index is 0.754. The molecule has 0 unspecified atom stereocenters. The molecule has 0 saturated carbocycles. The lowest BCUT2D eigenvalue weighted by molar-refractivity contribution is 0.669. The van der Waals surface area contributed by atoms with Crippen LogP contribution < -0.4 is 0 Å². The monoisotopic (exact) mass is 896 g/mol. The van der Waals surface area contributed by atoms with Gasteiger partial charge in [0.2, 0.25) is 0 Å². The van der Waals surface area contributed by atoms with Gasteiger partial charge < -0.3 is 18.0 Å². The van der Waals surface area contributed by atoms with Gasteiger partial charge in [-0.2, -0.15) is 0 Å².